The summed E-state index contributed by atoms with van der Waals surface area (Å²) in [6, 6.07) is 7.39. The first-order valence-corrected chi connectivity index (χ1v) is 6.47. The third kappa shape index (κ3) is 4.02. The monoisotopic (exact) mass is 298 g/mol. The number of halogens is 1. The van der Waals surface area contributed by atoms with Crippen molar-refractivity contribution < 1.29 is 9.53 Å². The first-order chi connectivity index (χ1) is 8.24. The number of anilines is 1. The molecule has 1 saturated heterocycles. The zero-order chi connectivity index (χ0) is 12.1. The SMILES string of the molecule is O=C(Nc1ccc(Br)cc1)O[C@@H]1CCCNC1. The molecular weight excluding hydrogens is 284 g/mol. The van der Waals surface area contributed by atoms with E-state index in [4.69, 9.17) is 4.74 Å². The molecule has 0 aromatic heterocycles. The standard InChI is InChI=1S/C12H15BrN2O2/c13-9-3-5-10(6-4-9)15-12(16)17-11-2-1-7-14-8-11/h3-6,11,14H,1-2,7-8H2,(H,15,16)/t11-/m1/s1. The molecule has 17 heavy (non-hydrogen) atoms. The summed E-state index contributed by atoms with van der Waals surface area (Å²) in [5.74, 6) is 0. The highest BCUT2D eigenvalue weighted by molar-refractivity contribution is 9.10. The van der Waals surface area contributed by atoms with Gasteiger partial charge in [0.05, 0.1) is 0 Å². The van der Waals surface area contributed by atoms with Gasteiger partial charge in [0.25, 0.3) is 0 Å². The second-order valence-corrected chi connectivity index (χ2v) is 4.92. The van der Waals surface area contributed by atoms with E-state index >= 15 is 0 Å². The minimum Gasteiger partial charge on any atom is -0.445 e. The first kappa shape index (κ1) is 12.4. The molecule has 1 aliphatic heterocycles. The van der Waals surface area contributed by atoms with Gasteiger partial charge in [0.2, 0.25) is 0 Å². The number of rotatable bonds is 2. The van der Waals surface area contributed by atoms with Crippen molar-refractivity contribution in [3.05, 3.63) is 28.7 Å². The third-order valence-electron chi connectivity index (χ3n) is 2.62. The topological polar surface area (TPSA) is 50.4 Å². The highest BCUT2D eigenvalue weighted by Gasteiger charge is 2.17. The van der Waals surface area contributed by atoms with E-state index in [9.17, 15) is 4.79 Å². The Hall–Kier alpha value is -1.07. The van der Waals surface area contributed by atoms with Gasteiger partial charge in [0, 0.05) is 16.7 Å². The van der Waals surface area contributed by atoms with Gasteiger partial charge < -0.3 is 10.1 Å². The van der Waals surface area contributed by atoms with E-state index in [-0.39, 0.29) is 12.2 Å². The minimum absolute atomic E-state index is 0.0146. The second kappa shape index (κ2) is 6.02. The second-order valence-electron chi connectivity index (χ2n) is 4.01. The lowest BCUT2D eigenvalue weighted by molar-refractivity contribution is 0.0941. The van der Waals surface area contributed by atoms with E-state index < -0.39 is 0 Å². The normalized spacial score (nSPS) is 19.7. The van der Waals surface area contributed by atoms with Crippen molar-refractivity contribution in [3.8, 4) is 0 Å². The van der Waals surface area contributed by atoms with Gasteiger partial charge >= 0.3 is 6.09 Å². The molecular formula is C12H15BrN2O2. The van der Waals surface area contributed by atoms with Gasteiger partial charge in [-0.15, -0.1) is 0 Å². The lowest BCUT2D eigenvalue weighted by Gasteiger charge is -2.22. The van der Waals surface area contributed by atoms with Crippen molar-refractivity contribution in [1.29, 1.82) is 0 Å². The number of hydrogen-bond donors (Lipinski definition) is 2. The molecule has 1 atom stereocenters. The van der Waals surface area contributed by atoms with Crippen LogP contribution in [0.5, 0.6) is 0 Å². The molecule has 4 nitrogen and oxygen atoms in total. The van der Waals surface area contributed by atoms with Crippen molar-refractivity contribution >= 4 is 27.7 Å². The van der Waals surface area contributed by atoms with Crippen LogP contribution < -0.4 is 10.6 Å². The molecule has 0 aliphatic carbocycles. The Morgan fingerprint density at radius 2 is 2.18 bits per heavy atom. The predicted octanol–water partition coefficient (Wildman–Crippen LogP) is 2.75. The zero-order valence-corrected chi connectivity index (χ0v) is 11.0. The fraction of sp³-hybridized carbons (Fsp3) is 0.417. The van der Waals surface area contributed by atoms with Crippen molar-refractivity contribution in [2.45, 2.75) is 18.9 Å². The van der Waals surface area contributed by atoms with E-state index in [1.165, 1.54) is 0 Å². The van der Waals surface area contributed by atoms with Gasteiger partial charge in [-0.3, -0.25) is 5.32 Å². The Balaban J connectivity index is 1.82. The summed E-state index contributed by atoms with van der Waals surface area (Å²) in [5, 5.41) is 5.91. The smallest absolute Gasteiger partial charge is 0.411 e. The average molecular weight is 299 g/mol. The van der Waals surface area contributed by atoms with E-state index in [2.05, 4.69) is 26.6 Å². The van der Waals surface area contributed by atoms with Crippen LogP contribution in [-0.2, 0) is 4.74 Å². The maximum atomic E-state index is 11.6. The molecule has 0 saturated carbocycles. The number of piperidine rings is 1. The lowest BCUT2D eigenvalue weighted by Crippen LogP contribution is -2.37. The van der Waals surface area contributed by atoms with E-state index in [1.807, 2.05) is 24.3 Å². The molecule has 1 aromatic rings. The van der Waals surface area contributed by atoms with Crippen LogP contribution in [0.4, 0.5) is 10.5 Å². The molecule has 2 rings (SSSR count). The number of carbonyl (C=O) groups is 1. The summed E-state index contributed by atoms with van der Waals surface area (Å²) in [6.07, 6.45) is 1.58. The summed E-state index contributed by atoms with van der Waals surface area (Å²) in [6.45, 7) is 1.75. The van der Waals surface area contributed by atoms with Crippen LogP contribution in [0.1, 0.15) is 12.8 Å². The van der Waals surface area contributed by atoms with E-state index in [0.29, 0.717) is 0 Å². The van der Waals surface area contributed by atoms with Crippen LogP contribution in [0.2, 0.25) is 0 Å². The average Bonchev–Trinajstić information content (AvgIpc) is 2.33. The van der Waals surface area contributed by atoms with Crippen LogP contribution in [0.15, 0.2) is 28.7 Å². The summed E-state index contributed by atoms with van der Waals surface area (Å²) >= 11 is 3.34. The van der Waals surface area contributed by atoms with Crippen molar-refractivity contribution in [3.63, 3.8) is 0 Å². The first-order valence-electron chi connectivity index (χ1n) is 5.68. The molecule has 2 N–H and O–H groups in total. The molecule has 0 radical (unpaired) electrons. The molecule has 0 spiro atoms. The van der Waals surface area contributed by atoms with Crippen LogP contribution in [0, 0.1) is 0 Å². The molecule has 1 aromatic carbocycles. The molecule has 1 fully saturated rings. The fourth-order valence-corrected chi connectivity index (χ4v) is 2.02. The van der Waals surface area contributed by atoms with Crippen LogP contribution >= 0.6 is 15.9 Å². The van der Waals surface area contributed by atoms with Crippen molar-refractivity contribution in [2.24, 2.45) is 0 Å². The van der Waals surface area contributed by atoms with Gasteiger partial charge in [-0.05, 0) is 43.7 Å². The fourth-order valence-electron chi connectivity index (χ4n) is 1.75. The number of benzene rings is 1. The molecule has 1 aliphatic rings. The molecule has 92 valence electrons. The van der Waals surface area contributed by atoms with Gasteiger partial charge in [0.15, 0.2) is 0 Å². The number of carbonyl (C=O) groups excluding carboxylic acids is 1. The zero-order valence-electron chi connectivity index (χ0n) is 9.41. The van der Waals surface area contributed by atoms with Gasteiger partial charge in [-0.25, -0.2) is 4.79 Å². The van der Waals surface area contributed by atoms with Crippen molar-refractivity contribution in [2.75, 3.05) is 18.4 Å². The third-order valence-corrected chi connectivity index (χ3v) is 3.14. The Morgan fingerprint density at radius 1 is 1.41 bits per heavy atom. The summed E-state index contributed by atoms with van der Waals surface area (Å²) < 4.78 is 6.28. The molecule has 0 bridgehead atoms. The van der Waals surface area contributed by atoms with Crippen LogP contribution in [-0.4, -0.2) is 25.3 Å². The Bertz CT molecular complexity index is 375. The summed E-state index contributed by atoms with van der Waals surface area (Å²) in [7, 11) is 0. The number of ether oxygens (including phenoxy) is 1. The Morgan fingerprint density at radius 3 is 2.82 bits per heavy atom. The predicted molar refractivity (Wildman–Crippen MR) is 70.1 cm³/mol. The lowest BCUT2D eigenvalue weighted by atomic mass is 10.1. The quantitative estimate of drug-likeness (QED) is 0.883. The molecule has 1 heterocycles. The van der Waals surface area contributed by atoms with Gasteiger partial charge in [-0.1, -0.05) is 15.9 Å². The largest absolute Gasteiger partial charge is 0.445 e. The Kier molecular flexibility index (Phi) is 4.39. The van der Waals surface area contributed by atoms with Gasteiger partial charge in [-0.2, -0.15) is 0 Å². The van der Waals surface area contributed by atoms with Crippen LogP contribution in [0.3, 0.4) is 0 Å². The molecule has 5 heteroatoms. The van der Waals surface area contributed by atoms with E-state index in [0.717, 1.165) is 36.1 Å². The summed E-state index contributed by atoms with van der Waals surface area (Å²) in [5.41, 5.74) is 0.738. The highest BCUT2D eigenvalue weighted by Crippen LogP contribution is 2.15. The molecule has 0 unspecified atom stereocenters. The minimum atomic E-state index is -0.388. The van der Waals surface area contributed by atoms with Gasteiger partial charge in [0.1, 0.15) is 6.10 Å². The van der Waals surface area contributed by atoms with Crippen molar-refractivity contribution in [1.82, 2.24) is 5.32 Å². The number of amides is 1. The van der Waals surface area contributed by atoms with E-state index in [1.54, 1.807) is 0 Å². The number of nitrogens with one attached hydrogen (secondary N) is 2. The number of hydrogen-bond acceptors (Lipinski definition) is 3. The highest BCUT2D eigenvalue weighted by atomic mass is 79.9. The van der Waals surface area contributed by atoms with Crippen LogP contribution in [0.25, 0.3) is 0 Å². The Labute approximate surface area is 109 Å². The summed E-state index contributed by atoms with van der Waals surface area (Å²) in [4.78, 5) is 11.6. The maximum absolute atomic E-state index is 11.6. The maximum Gasteiger partial charge on any atom is 0.411 e. The molecule has 1 amide bonds.